The minimum Gasteiger partial charge on any atom is -0.285 e. The van der Waals surface area contributed by atoms with Crippen LogP contribution in [0.25, 0.3) is 11.1 Å². The average Bonchev–Trinajstić information content (AvgIpc) is 2.65. The maximum atomic E-state index is 13.3. The van der Waals surface area contributed by atoms with Crippen LogP contribution in [-0.4, -0.2) is 10.2 Å². The smallest absolute Gasteiger partial charge is 0.142 e. The van der Waals surface area contributed by atoms with Crippen LogP contribution in [0.5, 0.6) is 0 Å². The standard InChI is InChI=1S/C9H5ClF2N2/c10-9-7(12)2-1-6(11)8(9)5-3-13-14-4-5/h1-4H,(H,13,14). The van der Waals surface area contributed by atoms with Gasteiger partial charge in [-0.25, -0.2) is 8.78 Å². The molecule has 0 radical (unpaired) electrons. The number of nitrogens with zero attached hydrogens (tertiary/aromatic N) is 1. The highest BCUT2D eigenvalue weighted by molar-refractivity contribution is 6.33. The Bertz CT molecular complexity index is 454. The van der Waals surface area contributed by atoms with Crippen LogP contribution in [0.4, 0.5) is 8.78 Å². The fourth-order valence-corrected chi connectivity index (χ4v) is 1.44. The van der Waals surface area contributed by atoms with Crippen molar-refractivity contribution < 1.29 is 8.78 Å². The summed E-state index contributed by atoms with van der Waals surface area (Å²) in [7, 11) is 0. The molecule has 0 aliphatic rings. The van der Waals surface area contributed by atoms with Gasteiger partial charge < -0.3 is 0 Å². The van der Waals surface area contributed by atoms with Crippen molar-refractivity contribution in [1.29, 1.82) is 0 Å². The first-order valence-corrected chi connectivity index (χ1v) is 4.20. The molecular weight excluding hydrogens is 210 g/mol. The Labute approximate surface area is 83.5 Å². The summed E-state index contributed by atoms with van der Waals surface area (Å²) < 4.78 is 26.3. The highest BCUT2D eigenvalue weighted by Gasteiger charge is 2.14. The number of hydrogen-bond acceptors (Lipinski definition) is 1. The molecule has 0 saturated carbocycles. The first-order chi connectivity index (χ1) is 6.70. The van der Waals surface area contributed by atoms with E-state index in [-0.39, 0.29) is 10.6 Å². The summed E-state index contributed by atoms with van der Waals surface area (Å²) >= 11 is 5.63. The Morgan fingerprint density at radius 3 is 2.57 bits per heavy atom. The molecule has 2 rings (SSSR count). The van der Waals surface area contributed by atoms with Gasteiger partial charge in [-0.15, -0.1) is 0 Å². The zero-order valence-electron chi connectivity index (χ0n) is 6.89. The second-order valence-electron chi connectivity index (χ2n) is 2.71. The molecule has 0 fully saturated rings. The van der Waals surface area contributed by atoms with E-state index < -0.39 is 11.6 Å². The van der Waals surface area contributed by atoms with E-state index in [1.807, 2.05) is 0 Å². The molecule has 2 nitrogen and oxygen atoms in total. The summed E-state index contributed by atoms with van der Waals surface area (Å²) in [4.78, 5) is 0. The third kappa shape index (κ3) is 1.37. The number of aromatic amines is 1. The van der Waals surface area contributed by atoms with Crippen molar-refractivity contribution in [2.24, 2.45) is 0 Å². The summed E-state index contributed by atoms with van der Waals surface area (Å²) in [5.41, 5.74) is 0.451. The first kappa shape index (κ1) is 9.15. The molecule has 0 atom stereocenters. The van der Waals surface area contributed by atoms with Crippen molar-refractivity contribution in [2.75, 3.05) is 0 Å². The molecule has 5 heteroatoms. The lowest BCUT2D eigenvalue weighted by molar-refractivity contribution is 0.603. The number of aromatic nitrogens is 2. The molecule has 0 spiro atoms. The van der Waals surface area contributed by atoms with E-state index in [0.717, 1.165) is 12.1 Å². The van der Waals surface area contributed by atoms with Crippen molar-refractivity contribution in [1.82, 2.24) is 10.2 Å². The normalized spacial score (nSPS) is 10.5. The fraction of sp³-hybridized carbons (Fsp3) is 0. The molecule has 14 heavy (non-hydrogen) atoms. The van der Waals surface area contributed by atoms with Gasteiger partial charge in [0.15, 0.2) is 0 Å². The maximum Gasteiger partial charge on any atom is 0.142 e. The predicted molar refractivity (Wildman–Crippen MR) is 48.9 cm³/mol. The van der Waals surface area contributed by atoms with Crippen LogP contribution in [0.3, 0.4) is 0 Å². The Morgan fingerprint density at radius 2 is 1.93 bits per heavy atom. The second-order valence-corrected chi connectivity index (χ2v) is 3.08. The lowest BCUT2D eigenvalue weighted by Gasteiger charge is -2.03. The molecule has 0 amide bonds. The predicted octanol–water partition coefficient (Wildman–Crippen LogP) is 3.01. The number of hydrogen-bond donors (Lipinski definition) is 1. The van der Waals surface area contributed by atoms with Gasteiger partial charge in [-0.05, 0) is 12.1 Å². The molecule has 0 aliphatic heterocycles. The minimum atomic E-state index is -0.649. The Balaban J connectivity index is 2.69. The van der Waals surface area contributed by atoms with Crippen molar-refractivity contribution in [3.8, 4) is 11.1 Å². The minimum absolute atomic E-state index is 0.0282. The maximum absolute atomic E-state index is 13.3. The number of benzene rings is 1. The number of halogens is 3. The van der Waals surface area contributed by atoms with Crippen LogP contribution < -0.4 is 0 Å². The van der Waals surface area contributed by atoms with Gasteiger partial charge in [-0.2, -0.15) is 5.10 Å². The molecule has 1 aromatic heterocycles. The Morgan fingerprint density at radius 1 is 1.21 bits per heavy atom. The van der Waals surface area contributed by atoms with Crippen LogP contribution in [0.15, 0.2) is 24.5 Å². The van der Waals surface area contributed by atoms with E-state index in [0.29, 0.717) is 5.56 Å². The van der Waals surface area contributed by atoms with E-state index in [9.17, 15) is 8.78 Å². The van der Waals surface area contributed by atoms with Crippen molar-refractivity contribution in [2.45, 2.75) is 0 Å². The van der Waals surface area contributed by atoms with Crippen LogP contribution in [0.2, 0.25) is 5.02 Å². The second kappa shape index (κ2) is 3.38. The SMILES string of the molecule is Fc1ccc(F)c(-c2cn[nH]c2)c1Cl. The molecule has 0 bridgehead atoms. The van der Waals surface area contributed by atoms with E-state index in [4.69, 9.17) is 11.6 Å². The molecule has 0 aliphatic carbocycles. The van der Waals surface area contributed by atoms with Gasteiger partial charge in [0.05, 0.1) is 11.2 Å². The molecule has 0 unspecified atom stereocenters. The molecule has 72 valence electrons. The molecule has 1 heterocycles. The molecule has 1 N–H and O–H groups in total. The van der Waals surface area contributed by atoms with Crippen molar-refractivity contribution >= 4 is 11.6 Å². The highest BCUT2D eigenvalue weighted by Crippen LogP contribution is 2.31. The van der Waals surface area contributed by atoms with Gasteiger partial charge in [-0.3, -0.25) is 5.10 Å². The lowest BCUT2D eigenvalue weighted by Crippen LogP contribution is -1.87. The monoisotopic (exact) mass is 214 g/mol. The number of H-pyrrole nitrogens is 1. The summed E-state index contributed by atoms with van der Waals surface area (Å²) in [5.74, 6) is -1.22. The van der Waals surface area contributed by atoms with Gasteiger partial charge in [0.2, 0.25) is 0 Å². The van der Waals surface area contributed by atoms with Crippen LogP contribution >= 0.6 is 11.6 Å². The van der Waals surface area contributed by atoms with E-state index >= 15 is 0 Å². The topological polar surface area (TPSA) is 28.7 Å². The van der Waals surface area contributed by atoms with Crippen molar-refractivity contribution in [3.05, 3.63) is 41.2 Å². The third-order valence-corrected chi connectivity index (χ3v) is 2.20. The Hall–Kier alpha value is -1.42. The van der Waals surface area contributed by atoms with Crippen molar-refractivity contribution in [3.63, 3.8) is 0 Å². The first-order valence-electron chi connectivity index (χ1n) is 3.83. The Kier molecular flexibility index (Phi) is 2.21. The average molecular weight is 215 g/mol. The zero-order valence-corrected chi connectivity index (χ0v) is 7.65. The fourth-order valence-electron chi connectivity index (χ4n) is 1.18. The van der Waals surface area contributed by atoms with Crippen LogP contribution in [-0.2, 0) is 0 Å². The quantitative estimate of drug-likeness (QED) is 0.727. The number of nitrogens with one attached hydrogen (secondary N) is 1. The van der Waals surface area contributed by atoms with Gasteiger partial charge in [-0.1, -0.05) is 11.6 Å². The van der Waals surface area contributed by atoms with E-state index in [1.54, 1.807) is 0 Å². The number of rotatable bonds is 1. The lowest BCUT2D eigenvalue weighted by atomic mass is 10.1. The van der Waals surface area contributed by atoms with E-state index in [1.165, 1.54) is 12.4 Å². The summed E-state index contributed by atoms with van der Waals surface area (Å²) in [6.45, 7) is 0. The van der Waals surface area contributed by atoms with Crippen LogP contribution in [0, 0.1) is 11.6 Å². The highest BCUT2D eigenvalue weighted by atomic mass is 35.5. The van der Waals surface area contributed by atoms with Crippen LogP contribution in [0.1, 0.15) is 0 Å². The van der Waals surface area contributed by atoms with Gasteiger partial charge in [0.25, 0.3) is 0 Å². The largest absolute Gasteiger partial charge is 0.285 e. The molecule has 0 saturated heterocycles. The zero-order chi connectivity index (χ0) is 10.1. The molecule has 1 aromatic carbocycles. The summed E-state index contributed by atoms with van der Waals surface area (Å²) in [6, 6.07) is 2.02. The summed E-state index contributed by atoms with van der Waals surface area (Å²) in [5, 5.41) is 5.91. The van der Waals surface area contributed by atoms with Gasteiger partial charge in [0, 0.05) is 17.3 Å². The van der Waals surface area contributed by atoms with Gasteiger partial charge in [0.1, 0.15) is 11.6 Å². The van der Waals surface area contributed by atoms with E-state index in [2.05, 4.69) is 10.2 Å². The molecule has 2 aromatic rings. The summed E-state index contributed by atoms with van der Waals surface area (Å²) in [6.07, 6.45) is 2.83. The molecular formula is C9H5ClF2N2. The third-order valence-electron chi connectivity index (χ3n) is 1.83. The van der Waals surface area contributed by atoms with Gasteiger partial charge >= 0.3 is 0 Å².